The lowest BCUT2D eigenvalue weighted by Gasteiger charge is -2.38. The predicted molar refractivity (Wildman–Crippen MR) is 95.8 cm³/mol. The fourth-order valence-corrected chi connectivity index (χ4v) is 4.27. The second-order valence-corrected chi connectivity index (χ2v) is 7.05. The molecule has 1 saturated carbocycles. The minimum atomic E-state index is -0.160. The first-order valence-electron chi connectivity index (χ1n) is 8.72. The van der Waals surface area contributed by atoms with Crippen LogP contribution >= 0.6 is 0 Å². The number of hydrogen-bond donors (Lipinski definition) is 0. The van der Waals surface area contributed by atoms with Gasteiger partial charge < -0.3 is 0 Å². The van der Waals surface area contributed by atoms with Gasteiger partial charge in [-0.3, -0.25) is 9.59 Å². The number of benzene rings is 2. The summed E-state index contributed by atoms with van der Waals surface area (Å²) in [6.45, 7) is 4.11. The van der Waals surface area contributed by atoms with Crippen LogP contribution in [0.4, 0.5) is 0 Å². The molecule has 124 valence electrons. The molecule has 1 aliphatic carbocycles. The molecule has 0 aromatic heterocycles. The summed E-state index contributed by atoms with van der Waals surface area (Å²) >= 11 is 0. The minimum absolute atomic E-state index is 0.0415. The van der Waals surface area contributed by atoms with E-state index in [9.17, 15) is 9.59 Å². The summed E-state index contributed by atoms with van der Waals surface area (Å²) < 4.78 is 0. The summed E-state index contributed by atoms with van der Waals surface area (Å²) in [5, 5.41) is 0. The summed E-state index contributed by atoms with van der Waals surface area (Å²) in [5.74, 6) is 0.461. The van der Waals surface area contributed by atoms with Gasteiger partial charge in [-0.2, -0.15) is 0 Å². The first-order valence-corrected chi connectivity index (χ1v) is 8.72. The van der Waals surface area contributed by atoms with E-state index in [-0.39, 0.29) is 35.2 Å². The summed E-state index contributed by atoms with van der Waals surface area (Å²) in [7, 11) is 0. The van der Waals surface area contributed by atoms with Crippen LogP contribution in [-0.4, -0.2) is 11.6 Å². The van der Waals surface area contributed by atoms with E-state index in [1.165, 1.54) is 0 Å². The summed E-state index contributed by atoms with van der Waals surface area (Å²) in [5.41, 5.74) is 2.09. The topological polar surface area (TPSA) is 34.1 Å². The summed E-state index contributed by atoms with van der Waals surface area (Å²) in [6.07, 6.45) is 0.949. The highest BCUT2D eigenvalue weighted by molar-refractivity contribution is 5.91. The van der Waals surface area contributed by atoms with E-state index in [1.807, 2.05) is 67.6 Å². The number of carbonyl (C=O) groups excluding carboxylic acids is 2. The standard InChI is InChI=1S/C22H24O2/c1-15-13-19(23)22(18-11-7-4-8-12-18)16(2)21(15)20(24)14-17-9-5-3-6-10-17/h3-12,15-16,21-22H,13-14H2,1-2H3. The van der Waals surface area contributed by atoms with E-state index in [4.69, 9.17) is 0 Å². The molecule has 2 nitrogen and oxygen atoms in total. The zero-order valence-electron chi connectivity index (χ0n) is 14.3. The second-order valence-electron chi connectivity index (χ2n) is 7.05. The van der Waals surface area contributed by atoms with Gasteiger partial charge in [0, 0.05) is 24.7 Å². The maximum atomic E-state index is 13.0. The Balaban J connectivity index is 1.84. The molecule has 0 heterocycles. The normalized spacial score (nSPS) is 27.0. The van der Waals surface area contributed by atoms with Crippen molar-refractivity contribution in [2.24, 2.45) is 17.8 Å². The highest BCUT2D eigenvalue weighted by atomic mass is 16.1. The van der Waals surface area contributed by atoms with E-state index in [0.29, 0.717) is 12.8 Å². The van der Waals surface area contributed by atoms with Gasteiger partial charge >= 0.3 is 0 Å². The Labute approximate surface area is 143 Å². The molecule has 2 aromatic rings. The van der Waals surface area contributed by atoms with Crippen molar-refractivity contribution in [2.45, 2.75) is 32.6 Å². The van der Waals surface area contributed by atoms with Crippen molar-refractivity contribution in [3.8, 4) is 0 Å². The molecule has 0 saturated heterocycles. The Morgan fingerprint density at radius 3 is 2.17 bits per heavy atom. The van der Waals surface area contributed by atoms with Crippen LogP contribution in [0.2, 0.25) is 0 Å². The number of Topliss-reactive ketones (excluding diaryl/α,β-unsaturated/α-hetero) is 2. The third-order valence-corrected chi connectivity index (χ3v) is 5.33. The zero-order valence-corrected chi connectivity index (χ0v) is 14.3. The molecule has 0 spiro atoms. The molecule has 0 amide bonds. The van der Waals surface area contributed by atoms with Crippen molar-refractivity contribution in [1.29, 1.82) is 0 Å². The lowest BCUT2D eigenvalue weighted by molar-refractivity contribution is -0.133. The van der Waals surface area contributed by atoms with Crippen LogP contribution in [0.3, 0.4) is 0 Å². The van der Waals surface area contributed by atoms with Gasteiger partial charge in [-0.1, -0.05) is 74.5 Å². The second kappa shape index (κ2) is 7.12. The van der Waals surface area contributed by atoms with Crippen molar-refractivity contribution in [1.82, 2.24) is 0 Å². The van der Waals surface area contributed by atoms with Crippen LogP contribution in [0.15, 0.2) is 60.7 Å². The van der Waals surface area contributed by atoms with Crippen molar-refractivity contribution in [2.75, 3.05) is 0 Å². The molecule has 0 bridgehead atoms. The Morgan fingerprint density at radius 1 is 0.958 bits per heavy atom. The molecule has 1 aliphatic rings. The SMILES string of the molecule is CC1CC(=O)C(c2ccccc2)C(C)C1C(=O)Cc1ccccc1. The van der Waals surface area contributed by atoms with E-state index in [0.717, 1.165) is 11.1 Å². The van der Waals surface area contributed by atoms with Gasteiger partial charge in [-0.15, -0.1) is 0 Å². The highest BCUT2D eigenvalue weighted by Gasteiger charge is 2.43. The van der Waals surface area contributed by atoms with Crippen LogP contribution in [0, 0.1) is 17.8 Å². The Bertz CT molecular complexity index is 705. The number of carbonyl (C=O) groups is 2. The molecule has 2 aromatic carbocycles. The lowest BCUT2D eigenvalue weighted by atomic mass is 9.63. The van der Waals surface area contributed by atoms with E-state index in [1.54, 1.807) is 0 Å². The third-order valence-electron chi connectivity index (χ3n) is 5.33. The van der Waals surface area contributed by atoms with Crippen LogP contribution < -0.4 is 0 Å². The van der Waals surface area contributed by atoms with Gasteiger partial charge in [0.25, 0.3) is 0 Å². The molecule has 4 unspecified atom stereocenters. The van der Waals surface area contributed by atoms with Crippen molar-refractivity contribution >= 4 is 11.6 Å². The fourth-order valence-electron chi connectivity index (χ4n) is 4.27. The predicted octanol–water partition coefficient (Wildman–Crippen LogP) is 4.44. The molecular weight excluding hydrogens is 296 g/mol. The molecule has 0 N–H and O–H groups in total. The smallest absolute Gasteiger partial charge is 0.140 e. The van der Waals surface area contributed by atoms with Gasteiger partial charge in [-0.05, 0) is 23.0 Å². The van der Waals surface area contributed by atoms with Crippen LogP contribution in [0.25, 0.3) is 0 Å². The van der Waals surface area contributed by atoms with Gasteiger partial charge in [0.1, 0.15) is 11.6 Å². The lowest BCUT2D eigenvalue weighted by Crippen LogP contribution is -2.41. The van der Waals surface area contributed by atoms with Gasteiger partial charge in [0.2, 0.25) is 0 Å². The molecule has 1 fully saturated rings. The molecule has 4 atom stereocenters. The van der Waals surface area contributed by atoms with Crippen molar-refractivity contribution in [3.05, 3.63) is 71.8 Å². The van der Waals surface area contributed by atoms with Gasteiger partial charge in [-0.25, -0.2) is 0 Å². The third kappa shape index (κ3) is 3.33. The van der Waals surface area contributed by atoms with Crippen molar-refractivity contribution in [3.63, 3.8) is 0 Å². The molecule has 0 radical (unpaired) electrons. The van der Waals surface area contributed by atoms with E-state index < -0.39 is 0 Å². The molecule has 3 rings (SSSR count). The monoisotopic (exact) mass is 320 g/mol. The van der Waals surface area contributed by atoms with Crippen LogP contribution in [0.5, 0.6) is 0 Å². The Hall–Kier alpha value is -2.22. The first kappa shape index (κ1) is 16.6. The molecular formula is C22H24O2. The molecule has 0 aliphatic heterocycles. The number of hydrogen-bond acceptors (Lipinski definition) is 2. The van der Waals surface area contributed by atoms with E-state index in [2.05, 4.69) is 6.92 Å². The summed E-state index contributed by atoms with van der Waals surface area (Å²) in [6, 6.07) is 19.8. The zero-order chi connectivity index (χ0) is 17.1. The highest BCUT2D eigenvalue weighted by Crippen LogP contribution is 2.42. The number of ketones is 2. The number of rotatable bonds is 4. The first-order chi connectivity index (χ1) is 11.6. The average molecular weight is 320 g/mol. The largest absolute Gasteiger partial charge is 0.299 e. The summed E-state index contributed by atoms with van der Waals surface area (Å²) in [4.78, 5) is 25.6. The van der Waals surface area contributed by atoms with Crippen LogP contribution in [0.1, 0.15) is 37.3 Å². The maximum absolute atomic E-state index is 13.0. The van der Waals surface area contributed by atoms with Gasteiger partial charge in [0.05, 0.1) is 0 Å². The molecule has 2 heteroatoms. The quantitative estimate of drug-likeness (QED) is 0.834. The molecule has 24 heavy (non-hydrogen) atoms. The minimum Gasteiger partial charge on any atom is -0.299 e. The Kier molecular flexibility index (Phi) is 4.94. The maximum Gasteiger partial charge on any atom is 0.140 e. The van der Waals surface area contributed by atoms with E-state index >= 15 is 0 Å². The van der Waals surface area contributed by atoms with Crippen LogP contribution in [-0.2, 0) is 16.0 Å². The van der Waals surface area contributed by atoms with Gasteiger partial charge in [0.15, 0.2) is 0 Å². The van der Waals surface area contributed by atoms with Crippen molar-refractivity contribution < 1.29 is 9.59 Å². The Morgan fingerprint density at radius 2 is 1.54 bits per heavy atom. The fraction of sp³-hybridized carbons (Fsp3) is 0.364. The average Bonchev–Trinajstić information content (AvgIpc) is 2.56.